The summed E-state index contributed by atoms with van der Waals surface area (Å²) in [6.07, 6.45) is 0. The van der Waals surface area contributed by atoms with Crippen LogP contribution in [0.2, 0.25) is 5.02 Å². The molecule has 1 aromatic carbocycles. The maximum absolute atomic E-state index is 12.9. The number of morpholine rings is 1. The van der Waals surface area contributed by atoms with Crippen molar-refractivity contribution in [2.45, 2.75) is 6.92 Å². The molecule has 140 valence electrons. The molecule has 1 aliphatic heterocycles. The topological polar surface area (TPSA) is 54.5 Å². The fraction of sp³-hybridized carbons (Fsp3) is 0.263. The second-order valence-electron chi connectivity index (χ2n) is 6.13. The number of amides is 1. The van der Waals surface area contributed by atoms with Crippen LogP contribution in [-0.4, -0.2) is 37.2 Å². The summed E-state index contributed by atoms with van der Waals surface area (Å²) in [7, 11) is 0. The van der Waals surface area contributed by atoms with E-state index in [2.05, 4.69) is 15.2 Å². The van der Waals surface area contributed by atoms with Gasteiger partial charge in [0.1, 0.15) is 9.88 Å². The summed E-state index contributed by atoms with van der Waals surface area (Å²) >= 11 is 9.21. The molecule has 4 rings (SSSR count). The summed E-state index contributed by atoms with van der Waals surface area (Å²) in [4.78, 5) is 21.4. The summed E-state index contributed by atoms with van der Waals surface area (Å²) in [6.45, 7) is 4.78. The van der Waals surface area contributed by atoms with E-state index >= 15 is 0 Å². The molecule has 0 saturated carbocycles. The first kappa shape index (κ1) is 18.4. The van der Waals surface area contributed by atoms with Crippen LogP contribution in [0.5, 0.6) is 0 Å². The number of thiazole rings is 1. The van der Waals surface area contributed by atoms with E-state index in [4.69, 9.17) is 16.3 Å². The predicted octanol–water partition coefficient (Wildman–Crippen LogP) is 4.92. The maximum atomic E-state index is 12.9. The van der Waals surface area contributed by atoms with E-state index in [9.17, 15) is 4.79 Å². The number of thiophene rings is 1. The van der Waals surface area contributed by atoms with Gasteiger partial charge in [-0.2, -0.15) is 0 Å². The Hall–Kier alpha value is -1.93. The third-order valence-electron chi connectivity index (χ3n) is 4.29. The second-order valence-corrected chi connectivity index (χ2v) is 8.51. The van der Waals surface area contributed by atoms with E-state index in [1.807, 2.05) is 36.6 Å². The number of ether oxygens (including phenoxy) is 1. The van der Waals surface area contributed by atoms with Gasteiger partial charge in [0.25, 0.3) is 5.91 Å². The molecule has 2 aromatic heterocycles. The van der Waals surface area contributed by atoms with Gasteiger partial charge in [-0.15, -0.1) is 22.7 Å². The summed E-state index contributed by atoms with van der Waals surface area (Å²) in [5.74, 6) is -0.162. The zero-order chi connectivity index (χ0) is 18.8. The number of rotatable bonds is 4. The molecule has 0 aliphatic carbocycles. The first-order valence-corrected chi connectivity index (χ1v) is 10.6. The molecular formula is C19H18ClN3O2S2. The average Bonchev–Trinajstić information content (AvgIpc) is 3.32. The Kier molecular flexibility index (Phi) is 5.45. The molecule has 8 heteroatoms. The third kappa shape index (κ3) is 4.01. The van der Waals surface area contributed by atoms with E-state index in [1.165, 1.54) is 11.3 Å². The number of aryl methyl sites for hydroxylation is 1. The highest BCUT2D eigenvalue weighted by molar-refractivity contribution is 7.22. The molecule has 1 amide bonds. The largest absolute Gasteiger partial charge is 0.378 e. The van der Waals surface area contributed by atoms with Gasteiger partial charge in [0.05, 0.1) is 35.2 Å². The number of anilines is 2. The van der Waals surface area contributed by atoms with Gasteiger partial charge in [-0.05, 0) is 36.6 Å². The van der Waals surface area contributed by atoms with Gasteiger partial charge in [0, 0.05) is 18.1 Å². The number of hydrogen-bond acceptors (Lipinski definition) is 6. The Morgan fingerprint density at radius 3 is 2.85 bits per heavy atom. The molecule has 1 N–H and O–H groups in total. The minimum absolute atomic E-state index is 0.162. The minimum Gasteiger partial charge on any atom is -0.378 e. The zero-order valence-electron chi connectivity index (χ0n) is 14.7. The number of aromatic nitrogens is 1. The Morgan fingerprint density at radius 2 is 2.11 bits per heavy atom. The third-order valence-corrected chi connectivity index (χ3v) is 6.72. The van der Waals surface area contributed by atoms with Gasteiger partial charge in [-0.3, -0.25) is 4.79 Å². The lowest BCUT2D eigenvalue weighted by molar-refractivity contribution is 0.103. The zero-order valence-corrected chi connectivity index (χ0v) is 17.1. The van der Waals surface area contributed by atoms with Gasteiger partial charge < -0.3 is 15.0 Å². The van der Waals surface area contributed by atoms with E-state index in [0.29, 0.717) is 28.8 Å². The number of nitrogens with zero attached hydrogens (tertiary/aromatic N) is 2. The monoisotopic (exact) mass is 419 g/mol. The van der Waals surface area contributed by atoms with Crippen molar-refractivity contribution in [3.05, 3.63) is 51.3 Å². The number of hydrogen-bond donors (Lipinski definition) is 1. The first-order chi connectivity index (χ1) is 13.1. The normalized spacial score (nSPS) is 14.4. The van der Waals surface area contributed by atoms with Gasteiger partial charge in [-0.25, -0.2) is 4.98 Å². The van der Waals surface area contributed by atoms with Crippen LogP contribution in [0, 0.1) is 6.92 Å². The molecule has 27 heavy (non-hydrogen) atoms. The highest BCUT2D eigenvalue weighted by Gasteiger charge is 2.20. The molecule has 3 aromatic rings. The van der Waals surface area contributed by atoms with Crippen molar-refractivity contribution < 1.29 is 9.53 Å². The summed E-state index contributed by atoms with van der Waals surface area (Å²) in [5, 5.41) is 6.49. The Morgan fingerprint density at radius 1 is 1.30 bits per heavy atom. The SMILES string of the molecule is Cc1nc(-c2cccs2)sc1C(=O)Nc1cc(Cl)ccc1N1CCOCC1. The lowest BCUT2D eigenvalue weighted by atomic mass is 10.2. The summed E-state index contributed by atoms with van der Waals surface area (Å²) in [6, 6.07) is 9.57. The average molecular weight is 420 g/mol. The van der Waals surface area contributed by atoms with Crippen molar-refractivity contribution in [2.75, 3.05) is 36.5 Å². The van der Waals surface area contributed by atoms with Crippen LogP contribution in [0.25, 0.3) is 9.88 Å². The molecule has 0 atom stereocenters. The molecule has 1 aliphatic rings. The molecular weight excluding hydrogens is 402 g/mol. The number of nitrogens with one attached hydrogen (secondary N) is 1. The fourth-order valence-electron chi connectivity index (χ4n) is 2.98. The van der Waals surface area contributed by atoms with Crippen LogP contribution in [0.1, 0.15) is 15.4 Å². The molecule has 0 radical (unpaired) electrons. The Bertz CT molecular complexity index is 950. The molecule has 3 heterocycles. The van der Waals surface area contributed by atoms with Crippen molar-refractivity contribution >= 4 is 51.6 Å². The first-order valence-electron chi connectivity index (χ1n) is 8.57. The van der Waals surface area contributed by atoms with Crippen LogP contribution < -0.4 is 10.2 Å². The van der Waals surface area contributed by atoms with E-state index in [1.54, 1.807) is 17.4 Å². The van der Waals surface area contributed by atoms with Crippen LogP contribution >= 0.6 is 34.3 Å². The van der Waals surface area contributed by atoms with Crippen molar-refractivity contribution in [3.63, 3.8) is 0 Å². The highest BCUT2D eigenvalue weighted by Crippen LogP contribution is 2.33. The molecule has 1 fully saturated rings. The second kappa shape index (κ2) is 7.98. The van der Waals surface area contributed by atoms with Crippen molar-refractivity contribution in [1.29, 1.82) is 0 Å². The van der Waals surface area contributed by atoms with Crippen LogP contribution in [0.4, 0.5) is 11.4 Å². The standard InChI is InChI=1S/C19H18ClN3O2S2/c1-12-17(27-19(21-12)16-3-2-10-26-16)18(24)22-14-11-13(20)4-5-15(14)23-6-8-25-9-7-23/h2-5,10-11H,6-9H2,1H3,(H,22,24). The van der Waals surface area contributed by atoms with Gasteiger partial charge in [0.15, 0.2) is 0 Å². The molecule has 1 saturated heterocycles. The smallest absolute Gasteiger partial charge is 0.267 e. The van der Waals surface area contributed by atoms with Gasteiger partial charge in [0.2, 0.25) is 0 Å². The Labute approximate surface area is 170 Å². The minimum atomic E-state index is -0.162. The lowest BCUT2D eigenvalue weighted by Crippen LogP contribution is -2.36. The number of halogens is 1. The Balaban J connectivity index is 1.60. The van der Waals surface area contributed by atoms with Crippen molar-refractivity contribution in [1.82, 2.24) is 4.98 Å². The predicted molar refractivity (Wildman–Crippen MR) is 113 cm³/mol. The number of carbonyl (C=O) groups is 1. The van der Waals surface area contributed by atoms with Gasteiger partial charge in [-0.1, -0.05) is 17.7 Å². The maximum Gasteiger partial charge on any atom is 0.267 e. The van der Waals surface area contributed by atoms with Crippen molar-refractivity contribution in [3.8, 4) is 9.88 Å². The lowest BCUT2D eigenvalue weighted by Gasteiger charge is -2.30. The van der Waals surface area contributed by atoms with Crippen LogP contribution in [-0.2, 0) is 4.74 Å². The van der Waals surface area contributed by atoms with E-state index < -0.39 is 0 Å². The van der Waals surface area contributed by atoms with Crippen molar-refractivity contribution in [2.24, 2.45) is 0 Å². The molecule has 0 unspecified atom stereocenters. The quantitative estimate of drug-likeness (QED) is 0.651. The number of benzene rings is 1. The summed E-state index contributed by atoms with van der Waals surface area (Å²) in [5.41, 5.74) is 2.40. The van der Waals surface area contributed by atoms with E-state index in [0.717, 1.165) is 34.4 Å². The number of carbonyl (C=O) groups excluding carboxylic acids is 1. The summed E-state index contributed by atoms with van der Waals surface area (Å²) < 4.78 is 5.43. The van der Waals surface area contributed by atoms with Crippen LogP contribution in [0.15, 0.2) is 35.7 Å². The molecule has 0 spiro atoms. The highest BCUT2D eigenvalue weighted by atomic mass is 35.5. The van der Waals surface area contributed by atoms with Crippen LogP contribution in [0.3, 0.4) is 0 Å². The molecule has 0 bridgehead atoms. The fourth-order valence-corrected chi connectivity index (χ4v) is 4.91. The van der Waals surface area contributed by atoms with E-state index in [-0.39, 0.29) is 5.91 Å². The van der Waals surface area contributed by atoms with Gasteiger partial charge >= 0.3 is 0 Å². The molecule has 5 nitrogen and oxygen atoms in total.